The number of rotatable bonds is 6. The minimum atomic E-state index is 0.679. The molecule has 0 saturated carbocycles. The topological polar surface area (TPSA) is 18.5 Å². The number of hydrogen-bond donors (Lipinski definition) is 1. The van der Waals surface area contributed by atoms with Crippen LogP contribution in [0, 0.1) is 0 Å². The largest absolute Gasteiger partial charge is 0.314 e. The maximum atomic E-state index is 3.44. The van der Waals surface area contributed by atoms with Gasteiger partial charge in [0.25, 0.3) is 0 Å². The Morgan fingerprint density at radius 1 is 1.38 bits per heavy atom. The van der Waals surface area contributed by atoms with Gasteiger partial charge in [0.2, 0.25) is 0 Å². The summed E-state index contributed by atoms with van der Waals surface area (Å²) in [5, 5.41) is 3.44. The summed E-state index contributed by atoms with van der Waals surface area (Å²) < 4.78 is 0. The van der Waals surface area contributed by atoms with E-state index in [9.17, 15) is 0 Å². The van der Waals surface area contributed by atoms with Crippen molar-refractivity contribution >= 4 is 0 Å². The maximum absolute atomic E-state index is 3.44. The molecule has 1 aliphatic heterocycles. The first-order valence-corrected chi connectivity index (χ1v) is 6.76. The van der Waals surface area contributed by atoms with E-state index in [1.807, 2.05) is 0 Å². The zero-order valence-electron chi connectivity index (χ0n) is 11.5. The van der Waals surface area contributed by atoms with E-state index < -0.39 is 0 Å². The van der Waals surface area contributed by atoms with Gasteiger partial charge in [-0.15, -0.1) is 0 Å². The molecule has 0 aromatic carbocycles. The summed E-state index contributed by atoms with van der Waals surface area (Å²) in [6, 6.07) is 1.40. The lowest BCUT2D eigenvalue weighted by Gasteiger charge is -2.34. The van der Waals surface area contributed by atoms with Crippen LogP contribution in [0.1, 0.15) is 33.6 Å². The highest BCUT2D eigenvalue weighted by atomic mass is 15.2. The van der Waals surface area contributed by atoms with Crippen molar-refractivity contribution in [3.63, 3.8) is 0 Å². The van der Waals surface area contributed by atoms with Crippen molar-refractivity contribution in [1.29, 1.82) is 0 Å². The minimum absolute atomic E-state index is 0.679. The van der Waals surface area contributed by atoms with Gasteiger partial charge in [0, 0.05) is 31.7 Å². The highest BCUT2D eigenvalue weighted by Gasteiger charge is 2.16. The van der Waals surface area contributed by atoms with Crippen molar-refractivity contribution < 1.29 is 0 Å². The Labute approximate surface area is 101 Å². The maximum Gasteiger partial charge on any atom is 0.0192 e. The van der Waals surface area contributed by atoms with Gasteiger partial charge in [0.15, 0.2) is 0 Å². The van der Waals surface area contributed by atoms with Crippen molar-refractivity contribution in [2.75, 3.05) is 39.8 Å². The number of nitrogens with zero attached hydrogens (tertiary/aromatic N) is 2. The lowest BCUT2D eigenvalue weighted by atomic mass is 10.2. The van der Waals surface area contributed by atoms with Crippen LogP contribution in [0.5, 0.6) is 0 Å². The molecule has 1 aliphatic rings. The molecule has 0 amide bonds. The molecule has 3 nitrogen and oxygen atoms in total. The third-order valence-corrected chi connectivity index (χ3v) is 3.73. The van der Waals surface area contributed by atoms with Crippen LogP contribution in [0.3, 0.4) is 0 Å². The molecule has 1 heterocycles. The standard InChI is InChI=1S/C13H29N3/c1-12(2)15(4)8-5-6-9-16-10-7-14-11-13(16)3/h12-14H,5-11H2,1-4H3. The Balaban J connectivity index is 2.06. The zero-order chi connectivity index (χ0) is 12.0. The third-order valence-electron chi connectivity index (χ3n) is 3.73. The molecular weight excluding hydrogens is 198 g/mol. The van der Waals surface area contributed by atoms with E-state index in [1.54, 1.807) is 0 Å². The van der Waals surface area contributed by atoms with Gasteiger partial charge in [0.1, 0.15) is 0 Å². The minimum Gasteiger partial charge on any atom is -0.314 e. The molecule has 0 aromatic heterocycles. The first-order chi connectivity index (χ1) is 7.61. The molecule has 0 aromatic rings. The molecule has 3 heteroatoms. The number of hydrogen-bond acceptors (Lipinski definition) is 3. The molecular formula is C13H29N3. The highest BCUT2D eigenvalue weighted by Crippen LogP contribution is 2.05. The number of piperazine rings is 1. The summed E-state index contributed by atoms with van der Waals surface area (Å²) in [5.41, 5.74) is 0. The molecule has 16 heavy (non-hydrogen) atoms. The van der Waals surface area contributed by atoms with Crippen LogP contribution >= 0.6 is 0 Å². The SMILES string of the molecule is CC(C)N(C)CCCCN1CCNCC1C. The second-order valence-corrected chi connectivity index (χ2v) is 5.37. The van der Waals surface area contributed by atoms with Crippen LogP contribution in [0.25, 0.3) is 0 Å². The van der Waals surface area contributed by atoms with E-state index in [-0.39, 0.29) is 0 Å². The monoisotopic (exact) mass is 227 g/mol. The normalized spacial score (nSPS) is 23.2. The average molecular weight is 227 g/mol. The average Bonchev–Trinajstić information content (AvgIpc) is 2.26. The highest BCUT2D eigenvalue weighted by molar-refractivity contribution is 4.75. The zero-order valence-corrected chi connectivity index (χ0v) is 11.5. The van der Waals surface area contributed by atoms with Gasteiger partial charge in [-0.1, -0.05) is 0 Å². The van der Waals surface area contributed by atoms with Crippen LogP contribution in [0.4, 0.5) is 0 Å². The van der Waals surface area contributed by atoms with Gasteiger partial charge in [-0.2, -0.15) is 0 Å². The molecule has 0 radical (unpaired) electrons. The predicted molar refractivity (Wildman–Crippen MR) is 70.9 cm³/mol. The van der Waals surface area contributed by atoms with Gasteiger partial charge in [0.05, 0.1) is 0 Å². The van der Waals surface area contributed by atoms with E-state index in [0.717, 1.165) is 19.1 Å². The Morgan fingerprint density at radius 2 is 2.12 bits per heavy atom. The second kappa shape index (κ2) is 7.25. The molecule has 1 unspecified atom stereocenters. The van der Waals surface area contributed by atoms with Gasteiger partial charge < -0.3 is 10.2 Å². The Kier molecular flexibility index (Phi) is 6.32. The van der Waals surface area contributed by atoms with Crippen LogP contribution in [-0.4, -0.2) is 61.7 Å². The molecule has 1 atom stereocenters. The first kappa shape index (κ1) is 13.9. The van der Waals surface area contributed by atoms with Gasteiger partial charge in [-0.3, -0.25) is 4.90 Å². The molecule has 0 spiro atoms. The van der Waals surface area contributed by atoms with E-state index in [4.69, 9.17) is 0 Å². The Hall–Kier alpha value is -0.120. The third kappa shape index (κ3) is 4.81. The van der Waals surface area contributed by atoms with E-state index in [1.165, 1.54) is 32.5 Å². The molecule has 1 rings (SSSR count). The number of nitrogens with one attached hydrogen (secondary N) is 1. The lowest BCUT2D eigenvalue weighted by Crippen LogP contribution is -2.49. The van der Waals surface area contributed by atoms with E-state index in [0.29, 0.717) is 6.04 Å². The summed E-state index contributed by atoms with van der Waals surface area (Å²) in [6.45, 7) is 12.9. The van der Waals surface area contributed by atoms with Gasteiger partial charge in [-0.25, -0.2) is 0 Å². The molecule has 0 aliphatic carbocycles. The number of unbranched alkanes of at least 4 members (excludes halogenated alkanes) is 1. The predicted octanol–water partition coefficient (Wildman–Crippen LogP) is 1.40. The molecule has 0 bridgehead atoms. The van der Waals surface area contributed by atoms with E-state index >= 15 is 0 Å². The molecule has 96 valence electrons. The van der Waals surface area contributed by atoms with Crippen molar-refractivity contribution in [2.24, 2.45) is 0 Å². The summed E-state index contributed by atoms with van der Waals surface area (Å²) in [5.74, 6) is 0. The summed E-state index contributed by atoms with van der Waals surface area (Å²) >= 11 is 0. The van der Waals surface area contributed by atoms with E-state index in [2.05, 4.69) is 42.9 Å². The van der Waals surface area contributed by atoms with Crippen LogP contribution in [0.2, 0.25) is 0 Å². The van der Waals surface area contributed by atoms with Crippen molar-refractivity contribution in [3.05, 3.63) is 0 Å². The fourth-order valence-electron chi connectivity index (χ4n) is 2.15. The summed E-state index contributed by atoms with van der Waals surface area (Å²) in [4.78, 5) is 5.05. The lowest BCUT2D eigenvalue weighted by molar-refractivity contribution is 0.166. The fraction of sp³-hybridized carbons (Fsp3) is 1.00. The quantitative estimate of drug-likeness (QED) is 0.692. The summed E-state index contributed by atoms with van der Waals surface area (Å²) in [7, 11) is 2.22. The van der Waals surface area contributed by atoms with Gasteiger partial charge in [-0.05, 0) is 53.8 Å². The van der Waals surface area contributed by atoms with Crippen LogP contribution in [-0.2, 0) is 0 Å². The molecule has 1 fully saturated rings. The van der Waals surface area contributed by atoms with Gasteiger partial charge >= 0.3 is 0 Å². The van der Waals surface area contributed by atoms with Crippen LogP contribution < -0.4 is 5.32 Å². The van der Waals surface area contributed by atoms with Crippen molar-refractivity contribution in [2.45, 2.75) is 45.7 Å². The van der Waals surface area contributed by atoms with Crippen molar-refractivity contribution in [3.8, 4) is 0 Å². The van der Waals surface area contributed by atoms with Crippen molar-refractivity contribution in [1.82, 2.24) is 15.1 Å². The second-order valence-electron chi connectivity index (χ2n) is 5.37. The Bertz CT molecular complexity index is 182. The van der Waals surface area contributed by atoms with Crippen LogP contribution in [0.15, 0.2) is 0 Å². The summed E-state index contributed by atoms with van der Waals surface area (Å²) in [6.07, 6.45) is 2.66. The molecule has 1 N–H and O–H groups in total. The molecule has 1 saturated heterocycles. The Morgan fingerprint density at radius 3 is 2.75 bits per heavy atom. The smallest absolute Gasteiger partial charge is 0.0192 e. The fourth-order valence-corrected chi connectivity index (χ4v) is 2.15. The first-order valence-electron chi connectivity index (χ1n) is 6.76.